The number of hydrogen-bond donors (Lipinski definition) is 0. The van der Waals surface area contributed by atoms with Gasteiger partial charge < -0.3 is 9.47 Å². The average Bonchev–Trinajstić information content (AvgIpc) is 2.43. The van der Waals surface area contributed by atoms with Gasteiger partial charge in [0.15, 0.2) is 5.79 Å². The van der Waals surface area contributed by atoms with Crippen LogP contribution in [-0.2, 0) is 15.9 Å². The molecule has 0 spiro atoms. The van der Waals surface area contributed by atoms with Crippen molar-refractivity contribution >= 4 is 0 Å². The standard InChI is InChI=1S/C17H28O2/c1-6-14(2)16(13-19-17(3,4)18-5)12-15-10-8-7-9-11-15/h7-11,14,16H,6,12-13H2,1-5H3/t14?,16-/m0/s1. The van der Waals surface area contributed by atoms with Crippen LogP contribution >= 0.6 is 0 Å². The molecule has 0 aromatic heterocycles. The highest BCUT2D eigenvalue weighted by Crippen LogP contribution is 2.23. The molecule has 0 saturated heterocycles. The lowest BCUT2D eigenvalue weighted by atomic mass is 9.87. The van der Waals surface area contributed by atoms with Gasteiger partial charge >= 0.3 is 0 Å². The summed E-state index contributed by atoms with van der Waals surface area (Å²) in [5.41, 5.74) is 1.38. The molecule has 1 aromatic carbocycles. The van der Waals surface area contributed by atoms with Crippen LogP contribution in [0.15, 0.2) is 30.3 Å². The largest absolute Gasteiger partial charge is 0.354 e. The molecule has 19 heavy (non-hydrogen) atoms. The van der Waals surface area contributed by atoms with Crippen LogP contribution in [0.5, 0.6) is 0 Å². The summed E-state index contributed by atoms with van der Waals surface area (Å²) < 4.78 is 11.2. The Hall–Kier alpha value is -0.860. The normalized spacial score (nSPS) is 15.2. The fraction of sp³-hybridized carbons (Fsp3) is 0.647. The van der Waals surface area contributed by atoms with Gasteiger partial charge in [-0.25, -0.2) is 0 Å². The maximum absolute atomic E-state index is 5.91. The van der Waals surface area contributed by atoms with Crippen molar-refractivity contribution in [2.24, 2.45) is 11.8 Å². The van der Waals surface area contributed by atoms with Gasteiger partial charge in [0.05, 0.1) is 6.61 Å². The molecule has 0 aliphatic heterocycles. The molecule has 0 fully saturated rings. The third-order valence-corrected chi connectivity index (χ3v) is 3.93. The minimum absolute atomic E-state index is 0.498. The molecule has 0 amide bonds. The molecule has 108 valence electrons. The molecule has 0 radical (unpaired) electrons. The van der Waals surface area contributed by atoms with Gasteiger partial charge in [0.2, 0.25) is 0 Å². The Labute approximate surface area is 118 Å². The van der Waals surface area contributed by atoms with E-state index in [0.717, 1.165) is 13.0 Å². The van der Waals surface area contributed by atoms with E-state index in [1.54, 1.807) is 7.11 Å². The molecular formula is C17H28O2. The Kier molecular flexibility index (Phi) is 6.53. The summed E-state index contributed by atoms with van der Waals surface area (Å²) >= 11 is 0. The third-order valence-electron chi connectivity index (χ3n) is 3.93. The highest BCUT2D eigenvalue weighted by molar-refractivity contribution is 5.15. The number of rotatable bonds is 8. The summed E-state index contributed by atoms with van der Waals surface area (Å²) in [6.07, 6.45) is 2.24. The van der Waals surface area contributed by atoms with E-state index in [4.69, 9.17) is 9.47 Å². The predicted molar refractivity (Wildman–Crippen MR) is 80.1 cm³/mol. The average molecular weight is 264 g/mol. The fourth-order valence-corrected chi connectivity index (χ4v) is 2.04. The molecule has 1 rings (SSSR count). The van der Waals surface area contributed by atoms with E-state index >= 15 is 0 Å². The van der Waals surface area contributed by atoms with Gasteiger partial charge in [-0.1, -0.05) is 50.6 Å². The van der Waals surface area contributed by atoms with E-state index in [-0.39, 0.29) is 0 Å². The molecule has 0 aliphatic rings. The molecule has 0 saturated carbocycles. The predicted octanol–water partition coefficient (Wildman–Crippen LogP) is 4.29. The topological polar surface area (TPSA) is 18.5 Å². The summed E-state index contributed by atoms with van der Waals surface area (Å²) in [5.74, 6) is 0.678. The first-order valence-corrected chi connectivity index (χ1v) is 7.21. The van der Waals surface area contributed by atoms with E-state index in [1.807, 2.05) is 13.8 Å². The molecule has 0 N–H and O–H groups in total. The number of benzene rings is 1. The minimum atomic E-state index is -0.498. The Bertz CT molecular complexity index is 346. The molecule has 0 aliphatic carbocycles. The quantitative estimate of drug-likeness (QED) is 0.652. The Balaban J connectivity index is 2.62. The molecule has 1 aromatic rings. The molecule has 2 heteroatoms. The highest BCUT2D eigenvalue weighted by Gasteiger charge is 2.22. The molecular weight excluding hydrogens is 236 g/mol. The van der Waals surface area contributed by atoms with Gasteiger partial charge in [0, 0.05) is 7.11 Å². The van der Waals surface area contributed by atoms with Crippen LogP contribution in [0.1, 0.15) is 39.7 Å². The first kappa shape index (κ1) is 16.2. The van der Waals surface area contributed by atoms with Crippen molar-refractivity contribution < 1.29 is 9.47 Å². The maximum atomic E-state index is 5.91. The molecule has 2 nitrogen and oxygen atoms in total. The fourth-order valence-electron chi connectivity index (χ4n) is 2.04. The second kappa shape index (κ2) is 7.66. The van der Waals surface area contributed by atoms with E-state index in [0.29, 0.717) is 11.8 Å². The highest BCUT2D eigenvalue weighted by atomic mass is 16.7. The molecule has 2 atom stereocenters. The van der Waals surface area contributed by atoms with E-state index in [1.165, 1.54) is 12.0 Å². The maximum Gasteiger partial charge on any atom is 0.162 e. The van der Waals surface area contributed by atoms with Crippen molar-refractivity contribution in [1.82, 2.24) is 0 Å². The lowest BCUT2D eigenvalue weighted by Crippen LogP contribution is -2.31. The Morgan fingerprint density at radius 2 is 1.79 bits per heavy atom. The van der Waals surface area contributed by atoms with Crippen molar-refractivity contribution in [2.75, 3.05) is 13.7 Å². The molecule has 1 unspecified atom stereocenters. The summed E-state index contributed by atoms with van der Waals surface area (Å²) in [6, 6.07) is 10.6. The zero-order valence-corrected chi connectivity index (χ0v) is 13.0. The van der Waals surface area contributed by atoms with E-state index in [9.17, 15) is 0 Å². The van der Waals surface area contributed by atoms with Crippen molar-refractivity contribution in [3.63, 3.8) is 0 Å². The monoisotopic (exact) mass is 264 g/mol. The third kappa shape index (κ3) is 5.75. The summed E-state index contributed by atoms with van der Waals surface area (Å²) in [5, 5.41) is 0. The zero-order chi connectivity index (χ0) is 14.3. The minimum Gasteiger partial charge on any atom is -0.354 e. The van der Waals surface area contributed by atoms with Crippen LogP contribution in [0.4, 0.5) is 0 Å². The molecule has 0 heterocycles. The van der Waals surface area contributed by atoms with Crippen molar-refractivity contribution in [3.8, 4) is 0 Å². The summed E-state index contributed by atoms with van der Waals surface area (Å²) in [7, 11) is 1.69. The smallest absolute Gasteiger partial charge is 0.162 e. The Morgan fingerprint density at radius 3 is 2.32 bits per heavy atom. The van der Waals surface area contributed by atoms with Gasteiger partial charge in [-0.2, -0.15) is 0 Å². The Morgan fingerprint density at radius 1 is 1.16 bits per heavy atom. The number of methoxy groups -OCH3 is 1. The van der Waals surface area contributed by atoms with E-state index in [2.05, 4.69) is 44.2 Å². The van der Waals surface area contributed by atoms with Gasteiger partial charge in [0.25, 0.3) is 0 Å². The SMILES string of the molecule is CCC(C)[C@H](COC(C)(C)OC)Cc1ccccc1. The van der Waals surface area contributed by atoms with Gasteiger partial charge in [-0.05, 0) is 37.7 Å². The van der Waals surface area contributed by atoms with Gasteiger partial charge in [-0.3, -0.25) is 0 Å². The van der Waals surface area contributed by atoms with Crippen molar-refractivity contribution in [2.45, 2.75) is 46.3 Å². The second-order valence-corrected chi connectivity index (χ2v) is 5.75. The van der Waals surface area contributed by atoms with Crippen molar-refractivity contribution in [3.05, 3.63) is 35.9 Å². The number of ether oxygens (including phenoxy) is 2. The second-order valence-electron chi connectivity index (χ2n) is 5.75. The van der Waals surface area contributed by atoms with Gasteiger partial charge in [-0.15, -0.1) is 0 Å². The van der Waals surface area contributed by atoms with E-state index < -0.39 is 5.79 Å². The van der Waals surface area contributed by atoms with Crippen molar-refractivity contribution in [1.29, 1.82) is 0 Å². The number of hydrogen-bond acceptors (Lipinski definition) is 2. The summed E-state index contributed by atoms with van der Waals surface area (Å²) in [6.45, 7) is 9.21. The zero-order valence-electron chi connectivity index (χ0n) is 13.0. The van der Waals surface area contributed by atoms with Crippen LogP contribution in [-0.4, -0.2) is 19.5 Å². The van der Waals surface area contributed by atoms with Gasteiger partial charge in [0.1, 0.15) is 0 Å². The molecule has 0 bridgehead atoms. The first-order valence-electron chi connectivity index (χ1n) is 7.21. The summed E-state index contributed by atoms with van der Waals surface area (Å²) in [4.78, 5) is 0. The van der Waals surface area contributed by atoms with Crippen LogP contribution < -0.4 is 0 Å². The first-order chi connectivity index (χ1) is 8.98. The van der Waals surface area contributed by atoms with Crippen LogP contribution in [0.25, 0.3) is 0 Å². The van der Waals surface area contributed by atoms with Crippen LogP contribution in [0.3, 0.4) is 0 Å². The lowest BCUT2D eigenvalue weighted by Gasteiger charge is -2.29. The lowest BCUT2D eigenvalue weighted by molar-refractivity contribution is -0.205. The van der Waals surface area contributed by atoms with Crippen LogP contribution in [0.2, 0.25) is 0 Å². The van der Waals surface area contributed by atoms with Crippen LogP contribution in [0, 0.1) is 11.8 Å².